The van der Waals surface area contributed by atoms with Crippen LogP contribution >= 0.6 is 0 Å². The number of halogens is 2. The molecule has 0 bridgehead atoms. The Morgan fingerprint density at radius 2 is 0.447 bits per heavy atom. The van der Waals surface area contributed by atoms with Gasteiger partial charge in [-0.05, 0) is 25.7 Å². The fourth-order valence-corrected chi connectivity index (χ4v) is 5.58. The lowest BCUT2D eigenvalue weighted by Crippen LogP contribution is -3.00. The molecule has 0 aliphatic heterocycles. The molecule has 0 radical (unpaired) electrons. The van der Waals surface area contributed by atoms with Gasteiger partial charge in [-0.15, -0.1) is 0 Å². The third-order valence-electron chi connectivity index (χ3n) is 8.23. The fourth-order valence-electron chi connectivity index (χ4n) is 5.58. The van der Waals surface area contributed by atoms with Gasteiger partial charge in [0.25, 0.3) is 0 Å². The number of quaternary nitrogens is 2. The molecule has 0 saturated carbocycles. The lowest BCUT2D eigenvalue weighted by Gasteiger charge is -2.30. The van der Waals surface area contributed by atoms with Crippen LogP contribution in [0.1, 0.15) is 194 Å². The van der Waals surface area contributed by atoms with Gasteiger partial charge in [-0.25, -0.2) is 0 Å². The van der Waals surface area contributed by atoms with Crippen LogP contribution in [0.15, 0.2) is 0 Å². The van der Waals surface area contributed by atoms with Crippen molar-refractivity contribution >= 4 is 0 Å². The number of rotatable bonds is 30. The molecule has 0 atom stereocenters. The second-order valence-corrected chi connectivity index (χ2v) is 12.6. The summed E-state index contributed by atoms with van der Waals surface area (Å²) in [7, 11) is 4.93. The monoisotopic (exact) mass is 670 g/mol. The predicted molar refractivity (Wildman–Crippen MR) is 168 cm³/mol. The van der Waals surface area contributed by atoms with Crippen molar-refractivity contribution in [2.75, 3.05) is 27.2 Å². The van der Waals surface area contributed by atoms with E-state index in [4.69, 9.17) is 0 Å². The van der Waals surface area contributed by atoms with E-state index in [1.807, 2.05) is 0 Å². The van der Waals surface area contributed by atoms with Crippen LogP contribution in [0.3, 0.4) is 0 Å². The van der Waals surface area contributed by atoms with Gasteiger partial charge in [0, 0.05) is 0 Å². The van der Waals surface area contributed by atoms with Gasteiger partial charge in [-0.2, -0.15) is 0 Å². The Kier molecular flexibility index (Phi) is 45.7. The number of hydrogen-bond donors (Lipinski definition) is 1. The second kappa shape index (κ2) is 37.9. The van der Waals surface area contributed by atoms with Crippen LogP contribution in [0.4, 0.5) is 0 Å². The van der Waals surface area contributed by atoms with E-state index in [0.717, 1.165) is 0 Å². The highest BCUT2D eigenvalue weighted by Gasteiger charge is 2.13. The van der Waals surface area contributed by atoms with Gasteiger partial charge in [0.1, 0.15) is 0 Å². The van der Waals surface area contributed by atoms with Gasteiger partial charge in [0.05, 0.1) is 27.2 Å². The zero-order chi connectivity index (χ0) is 25.7. The topological polar surface area (TPSA) is 36.5 Å². The van der Waals surface area contributed by atoms with Crippen molar-refractivity contribution in [1.29, 1.82) is 0 Å². The first-order valence-electron chi connectivity index (χ1n) is 16.9. The standard InChI is InChI=1S/C34H72N.2BrH.H3N/c1-5-7-9-11-13-15-17-19-21-23-25-27-29-31-33-35(3,4)34-32-30-28-26-24-22-20-18-16-14-12-10-8-6-2;;;/h5-34H2,1-4H3;2*1H;1H3/q+1;;;/p-1. The van der Waals surface area contributed by atoms with Gasteiger partial charge in [-0.3, -0.25) is 0 Å². The van der Waals surface area contributed by atoms with Crippen molar-refractivity contribution in [3.05, 3.63) is 0 Å². The minimum absolute atomic E-state index is 0. The molecule has 0 aromatic rings. The van der Waals surface area contributed by atoms with Crippen LogP contribution in [-0.2, 0) is 0 Å². The van der Waals surface area contributed by atoms with E-state index in [-0.39, 0.29) is 40.1 Å². The van der Waals surface area contributed by atoms with E-state index in [1.54, 1.807) is 0 Å². The average molecular weight is 673 g/mol. The Labute approximate surface area is 264 Å². The molecule has 0 saturated heterocycles. The third-order valence-corrected chi connectivity index (χ3v) is 8.23. The number of nitrogens with zero attached hydrogens (tertiary/aromatic N) is 1. The van der Waals surface area contributed by atoms with Crippen molar-refractivity contribution in [3.8, 4) is 0 Å². The molecule has 236 valence electrons. The maximum Gasteiger partial charge on any atom is 0.0782 e. The number of unbranched alkanes of at least 4 members (excludes halogenated alkanes) is 26. The normalized spacial score (nSPS) is 11.1. The van der Waals surface area contributed by atoms with Gasteiger partial charge < -0.3 is 44.6 Å². The molecule has 0 aromatic carbocycles. The molecule has 0 unspecified atom stereocenters. The Hall–Kier alpha value is 0.880. The lowest BCUT2D eigenvalue weighted by molar-refractivity contribution is -0.890. The largest absolute Gasteiger partial charge is 1.00 e. The van der Waals surface area contributed by atoms with Gasteiger partial charge >= 0.3 is 0 Å². The third kappa shape index (κ3) is 39.0. The summed E-state index contributed by atoms with van der Waals surface area (Å²) in [6.45, 7) is 7.38. The Morgan fingerprint density at radius 1 is 0.289 bits per heavy atom. The summed E-state index contributed by atoms with van der Waals surface area (Å²) in [6, 6.07) is 0. The predicted octanol–water partition coefficient (Wildman–Crippen LogP) is 6.41. The van der Waals surface area contributed by atoms with Crippen molar-refractivity contribution in [2.24, 2.45) is 0 Å². The fraction of sp³-hybridized carbons (Fsp3) is 1.00. The van der Waals surface area contributed by atoms with Crippen LogP contribution in [-0.4, -0.2) is 31.7 Å². The Morgan fingerprint density at radius 3 is 0.632 bits per heavy atom. The first-order chi connectivity index (χ1) is 17.1. The maximum absolute atomic E-state index is 2.46. The summed E-state index contributed by atoms with van der Waals surface area (Å²) < 4.78 is 1.25. The molecular weight excluding hydrogens is 596 g/mol. The molecule has 0 aromatic heterocycles. The van der Waals surface area contributed by atoms with E-state index in [1.165, 1.54) is 197 Å². The molecule has 0 heterocycles. The van der Waals surface area contributed by atoms with Crippen LogP contribution in [0.5, 0.6) is 0 Å². The first-order valence-corrected chi connectivity index (χ1v) is 16.9. The molecule has 0 spiro atoms. The van der Waals surface area contributed by atoms with Crippen molar-refractivity contribution in [3.63, 3.8) is 0 Å². The molecule has 0 aliphatic carbocycles. The van der Waals surface area contributed by atoms with Crippen molar-refractivity contribution in [1.82, 2.24) is 6.15 Å². The molecule has 0 aliphatic rings. The van der Waals surface area contributed by atoms with E-state index >= 15 is 0 Å². The zero-order valence-corrected chi connectivity index (χ0v) is 30.6. The number of hydrogen-bond acceptors (Lipinski definition) is 0. The van der Waals surface area contributed by atoms with Gasteiger partial charge in [0.2, 0.25) is 0 Å². The van der Waals surface area contributed by atoms with E-state index < -0.39 is 0 Å². The smallest absolute Gasteiger partial charge is 0.0782 e. The van der Waals surface area contributed by atoms with Crippen LogP contribution in [0.2, 0.25) is 0 Å². The average Bonchev–Trinajstić information content (AvgIpc) is 2.84. The Bertz CT molecular complexity index is 357. The van der Waals surface area contributed by atoms with Gasteiger partial charge in [-0.1, -0.05) is 168 Å². The molecule has 0 fully saturated rings. The van der Waals surface area contributed by atoms with E-state index in [9.17, 15) is 0 Å². The summed E-state index contributed by atoms with van der Waals surface area (Å²) in [5, 5.41) is 0. The quantitative estimate of drug-likeness (QED) is 0.0677. The first kappa shape index (κ1) is 45.9. The lowest BCUT2D eigenvalue weighted by atomic mass is 10.0. The highest BCUT2D eigenvalue weighted by molar-refractivity contribution is 4.51. The molecule has 4 heteroatoms. The maximum atomic E-state index is 2.46. The molecule has 0 amide bonds. The van der Waals surface area contributed by atoms with Crippen molar-refractivity contribution in [2.45, 2.75) is 194 Å². The summed E-state index contributed by atoms with van der Waals surface area (Å²) in [5.41, 5.74) is 0. The summed E-state index contributed by atoms with van der Waals surface area (Å²) in [6.07, 6.45) is 40.9. The highest BCUT2D eigenvalue weighted by Crippen LogP contribution is 2.15. The molecule has 0 rings (SSSR count). The van der Waals surface area contributed by atoms with Crippen LogP contribution in [0, 0.1) is 0 Å². The minimum Gasteiger partial charge on any atom is -1.00 e. The van der Waals surface area contributed by atoms with E-state index in [2.05, 4.69) is 27.9 Å². The summed E-state index contributed by atoms with van der Waals surface area (Å²) in [4.78, 5) is 0. The highest BCUT2D eigenvalue weighted by atomic mass is 79.9. The zero-order valence-electron chi connectivity index (χ0n) is 27.4. The molecule has 4 N–H and O–H groups in total. The van der Waals surface area contributed by atoms with E-state index in [0.29, 0.717) is 0 Å². The van der Waals surface area contributed by atoms with Crippen molar-refractivity contribution < 1.29 is 38.4 Å². The van der Waals surface area contributed by atoms with Crippen LogP contribution < -0.4 is 40.1 Å². The van der Waals surface area contributed by atoms with Crippen LogP contribution in [0.25, 0.3) is 0 Å². The summed E-state index contributed by atoms with van der Waals surface area (Å²) in [5.74, 6) is 0. The molecular formula is C34H76Br2N2. The second-order valence-electron chi connectivity index (χ2n) is 12.6. The Balaban J connectivity index is -0.00000193. The summed E-state index contributed by atoms with van der Waals surface area (Å²) >= 11 is 0. The molecule has 38 heavy (non-hydrogen) atoms. The molecule has 2 nitrogen and oxygen atoms in total. The van der Waals surface area contributed by atoms with Gasteiger partial charge in [0.15, 0.2) is 0 Å². The minimum atomic E-state index is 0. The SMILES string of the molecule is CCCCCCCCCCCCCCCC[N+](C)(C)CCCCCCCCCCCCCCCC.[Br-].[Br-].[NH4+].